The summed E-state index contributed by atoms with van der Waals surface area (Å²) in [5.74, 6) is 0.152. The first-order chi connectivity index (χ1) is 13.9. The molecule has 0 bridgehead atoms. The van der Waals surface area contributed by atoms with E-state index in [9.17, 15) is 9.59 Å². The van der Waals surface area contributed by atoms with E-state index in [1.54, 1.807) is 42.5 Å². The van der Waals surface area contributed by atoms with Crippen LogP contribution < -0.4 is 20.7 Å². The number of fused-ring (bicyclic) bond motifs is 1. The molecule has 0 aliphatic heterocycles. The minimum atomic E-state index is -0.367. The summed E-state index contributed by atoms with van der Waals surface area (Å²) >= 11 is 5.16. The van der Waals surface area contributed by atoms with Gasteiger partial charge in [-0.1, -0.05) is 6.92 Å². The monoisotopic (exact) mass is 412 g/mol. The quantitative estimate of drug-likeness (QED) is 0.530. The maximum absolute atomic E-state index is 12.3. The minimum Gasteiger partial charge on any atom is -0.494 e. The molecule has 2 aromatic carbocycles. The van der Waals surface area contributed by atoms with Crippen molar-refractivity contribution >= 4 is 51.9 Å². The van der Waals surface area contributed by atoms with Gasteiger partial charge >= 0.3 is 6.01 Å². The number of ether oxygens (including phenoxy) is 1. The zero-order valence-electron chi connectivity index (χ0n) is 15.9. The lowest BCUT2D eigenvalue weighted by Gasteiger charge is -2.08. The van der Waals surface area contributed by atoms with E-state index < -0.39 is 0 Å². The number of carbonyl (C=O) groups is 2. The molecule has 0 unspecified atom stereocenters. The van der Waals surface area contributed by atoms with Crippen molar-refractivity contribution in [3.05, 3.63) is 48.0 Å². The van der Waals surface area contributed by atoms with Gasteiger partial charge in [-0.3, -0.25) is 20.2 Å². The predicted molar refractivity (Wildman–Crippen MR) is 114 cm³/mol. The van der Waals surface area contributed by atoms with E-state index in [0.29, 0.717) is 34.7 Å². The molecule has 3 rings (SSSR count). The molecular weight excluding hydrogens is 392 g/mol. The van der Waals surface area contributed by atoms with Crippen LogP contribution in [0.4, 0.5) is 11.7 Å². The molecule has 0 spiro atoms. The summed E-state index contributed by atoms with van der Waals surface area (Å²) in [7, 11) is 0. The van der Waals surface area contributed by atoms with Gasteiger partial charge in [-0.25, -0.2) is 0 Å². The molecule has 150 valence electrons. The number of anilines is 2. The van der Waals surface area contributed by atoms with Crippen LogP contribution >= 0.6 is 12.2 Å². The molecule has 9 heteroatoms. The Morgan fingerprint density at radius 2 is 1.90 bits per heavy atom. The number of carbonyl (C=O) groups excluding carboxylic acids is 2. The Balaban J connectivity index is 1.61. The molecule has 0 aliphatic rings. The SMILES string of the molecule is CCCOc1ccc(C(=O)NC(=S)Nc2nc3ccc(NC(C)=O)cc3o2)cc1. The summed E-state index contributed by atoms with van der Waals surface area (Å²) in [5, 5.41) is 8.03. The van der Waals surface area contributed by atoms with Crippen molar-refractivity contribution in [3.63, 3.8) is 0 Å². The third-order valence-corrected chi connectivity index (χ3v) is 3.95. The number of nitrogens with zero attached hydrogens (tertiary/aromatic N) is 1. The fourth-order valence-electron chi connectivity index (χ4n) is 2.49. The zero-order chi connectivity index (χ0) is 20.8. The number of rotatable bonds is 6. The molecule has 0 saturated heterocycles. The molecule has 2 amide bonds. The van der Waals surface area contributed by atoms with Crippen LogP contribution in [0, 0.1) is 0 Å². The topological polar surface area (TPSA) is 105 Å². The van der Waals surface area contributed by atoms with E-state index in [1.807, 2.05) is 6.92 Å². The molecule has 29 heavy (non-hydrogen) atoms. The molecule has 3 N–H and O–H groups in total. The van der Waals surface area contributed by atoms with Gasteiger partial charge in [-0.05, 0) is 55.0 Å². The molecule has 1 heterocycles. The summed E-state index contributed by atoms with van der Waals surface area (Å²) in [6, 6.07) is 12.0. The third kappa shape index (κ3) is 5.52. The van der Waals surface area contributed by atoms with E-state index in [0.717, 1.165) is 6.42 Å². The highest BCUT2D eigenvalue weighted by Gasteiger charge is 2.12. The molecule has 0 atom stereocenters. The average Bonchev–Trinajstić information content (AvgIpc) is 3.07. The second-order valence-corrected chi connectivity index (χ2v) is 6.57. The Hall–Kier alpha value is -3.46. The number of aromatic nitrogens is 1. The van der Waals surface area contributed by atoms with Gasteiger partial charge in [0.05, 0.1) is 6.61 Å². The Kier molecular flexibility index (Phi) is 6.40. The molecule has 0 aliphatic carbocycles. The van der Waals surface area contributed by atoms with Crippen LogP contribution in [0.3, 0.4) is 0 Å². The number of hydrogen-bond acceptors (Lipinski definition) is 6. The summed E-state index contributed by atoms with van der Waals surface area (Å²) in [4.78, 5) is 27.7. The Morgan fingerprint density at radius 1 is 1.14 bits per heavy atom. The minimum absolute atomic E-state index is 0.0509. The van der Waals surface area contributed by atoms with Gasteiger partial charge in [-0.2, -0.15) is 4.98 Å². The van der Waals surface area contributed by atoms with Crippen LogP contribution in [-0.2, 0) is 4.79 Å². The molecule has 0 saturated carbocycles. The highest BCUT2D eigenvalue weighted by molar-refractivity contribution is 7.80. The average molecular weight is 412 g/mol. The Morgan fingerprint density at radius 3 is 2.59 bits per heavy atom. The first-order valence-electron chi connectivity index (χ1n) is 8.98. The maximum Gasteiger partial charge on any atom is 0.302 e. The number of nitrogens with one attached hydrogen (secondary N) is 3. The van der Waals surface area contributed by atoms with E-state index in [-0.39, 0.29) is 22.9 Å². The van der Waals surface area contributed by atoms with Crippen molar-refractivity contribution < 1.29 is 18.7 Å². The molecule has 0 radical (unpaired) electrons. The fourth-order valence-corrected chi connectivity index (χ4v) is 2.67. The van der Waals surface area contributed by atoms with E-state index in [2.05, 4.69) is 20.9 Å². The summed E-state index contributed by atoms with van der Waals surface area (Å²) in [6.45, 7) is 4.06. The standard InChI is InChI=1S/C20H20N4O4S/c1-3-10-27-15-7-4-13(5-8-15)18(26)23-20(29)24-19-22-16-9-6-14(21-12(2)25)11-17(16)28-19/h4-9,11H,3,10H2,1-2H3,(H,21,25)(H2,22,23,24,26,29). The first kappa shape index (κ1) is 20.3. The van der Waals surface area contributed by atoms with Gasteiger partial charge in [0.2, 0.25) is 5.91 Å². The lowest BCUT2D eigenvalue weighted by atomic mass is 10.2. The van der Waals surface area contributed by atoms with Crippen molar-refractivity contribution in [2.75, 3.05) is 17.2 Å². The van der Waals surface area contributed by atoms with Crippen molar-refractivity contribution in [3.8, 4) is 5.75 Å². The maximum atomic E-state index is 12.3. The van der Waals surface area contributed by atoms with Crippen molar-refractivity contribution in [1.82, 2.24) is 10.3 Å². The molecule has 8 nitrogen and oxygen atoms in total. The van der Waals surface area contributed by atoms with Crippen molar-refractivity contribution in [1.29, 1.82) is 0 Å². The highest BCUT2D eigenvalue weighted by Crippen LogP contribution is 2.22. The van der Waals surface area contributed by atoms with Gasteiger partial charge in [0.1, 0.15) is 11.3 Å². The fraction of sp³-hybridized carbons (Fsp3) is 0.200. The first-order valence-corrected chi connectivity index (χ1v) is 9.39. The van der Waals surface area contributed by atoms with Crippen LogP contribution in [0.5, 0.6) is 5.75 Å². The van der Waals surface area contributed by atoms with E-state index >= 15 is 0 Å². The van der Waals surface area contributed by atoms with Gasteiger partial charge in [0, 0.05) is 24.2 Å². The summed E-state index contributed by atoms with van der Waals surface area (Å²) in [6.07, 6.45) is 0.909. The molecule has 1 aromatic heterocycles. The Labute approximate surface area is 172 Å². The molecule has 3 aromatic rings. The molecular formula is C20H20N4O4S. The van der Waals surface area contributed by atoms with Crippen LogP contribution in [0.25, 0.3) is 11.1 Å². The van der Waals surface area contributed by atoms with Crippen molar-refractivity contribution in [2.24, 2.45) is 0 Å². The largest absolute Gasteiger partial charge is 0.494 e. The number of oxazole rings is 1. The van der Waals surface area contributed by atoms with Crippen LogP contribution in [-0.4, -0.2) is 28.5 Å². The third-order valence-electron chi connectivity index (χ3n) is 3.75. The van der Waals surface area contributed by atoms with Crippen LogP contribution in [0.15, 0.2) is 46.9 Å². The van der Waals surface area contributed by atoms with Gasteiger partial charge in [0.15, 0.2) is 10.7 Å². The predicted octanol–water partition coefficient (Wildman–Crippen LogP) is 3.70. The highest BCUT2D eigenvalue weighted by atomic mass is 32.1. The van der Waals surface area contributed by atoms with Crippen LogP contribution in [0.2, 0.25) is 0 Å². The van der Waals surface area contributed by atoms with Gasteiger partial charge in [0.25, 0.3) is 5.91 Å². The number of amides is 2. The normalized spacial score (nSPS) is 10.4. The number of thiocarbonyl (C=S) groups is 1. The zero-order valence-corrected chi connectivity index (χ0v) is 16.8. The second kappa shape index (κ2) is 9.16. The smallest absolute Gasteiger partial charge is 0.302 e. The summed E-state index contributed by atoms with van der Waals surface area (Å²) < 4.78 is 11.1. The van der Waals surface area contributed by atoms with Gasteiger partial charge in [-0.15, -0.1) is 0 Å². The molecule has 0 fully saturated rings. The van der Waals surface area contributed by atoms with Crippen LogP contribution in [0.1, 0.15) is 30.6 Å². The second-order valence-electron chi connectivity index (χ2n) is 6.16. The number of benzene rings is 2. The lowest BCUT2D eigenvalue weighted by molar-refractivity contribution is -0.114. The Bertz CT molecular complexity index is 1050. The lowest BCUT2D eigenvalue weighted by Crippen LogP contribution is -2.34. The van der Waals surface area contributed by atoms with Gasteiger partial charge < -0.3 is 14.5 Å². The van der Waals surface area contributed by atoms with E-state index in [1.165, 1.54) is 6.92 Å². The summed E-state index contributed by atoms with van der Waals surface area (Å²) in [5.41, 5.74) is 2.08. The number of hydrogen-bond donors (Lipinski definition) is 3. The van der Waals surface area contributed by atoms with E-state index in [4.69, 9.17) is 21.4 Å². The van der Waals surface area contributed by atoms with Crippen molar-refractivity contribution in [2.45, 2.75) is 20.3 Å².